The van der Waals surface area contributed by atoms with Crippen LogP contribution in [0.1, 0.15) is 19.8 Å². The first kappa shape index (κ1) is 14.0. The topological polar surface area (TPSA) is 97.5 Å². The Morgan fingerprint density at radius 2 is 2.18 bits per heavy atom. The van der Waals surface area contributed by atoms with Crippen LogP contribution in [0.15, 0.2) is 0 Å². The fraction of sp³-hybridized carbons (Fsp3) is 0.800. The molecule has 0 aromatic rings. The zero-order valence-corrected chi connectivity index (χ0v) is 10.9. The standard InChI is InChI=1S/C10H18N2O4S/c1-3-8(10(11)14)12-5-7(4-9(12)13)6-17(2,15)16/h7-8H,3-6H2,1-2H3,(H2,11,14)/t7?,8-/m0/s1. The fourth-order valence-electron chi connectivity index (χ4n) is 2.22. The smallest absolute Gasteiger partial charge is 0.240 e. The Morgan fingerprint density at radius 3 is 2.59 bits per heavy atom. The first-order valence-corrected chi connectivity index (χ1v) is 7.57. The second-order valence-electron chi connectivity index (χ2n) is 4.54. The normalized spacial score (nSPS) is 22.8. The third-order valence-corrected chi connectivity index (χ3v) is 3.95. The molecule has 1 rings (SSSR count). The number of nitrogens with two attached hydrogens (primary N) is 1. The maximum Gasteiger partial charge on any atom is 0.240 e. The summed E-state index contributed by atoms with van der Waals surface area (Å²) in [4.78, 5) is 24.3. The number of hydrogen-bond donors (Lipinski definition) is 1. The summed E-state index contributed by atoms with van der Waals surface area (Å²) >= 11 is 0. The Labute approximate surface area is 101 Å². The molecule has 1 unspecified atom stereocenters. The summed E-state index contributed by atoms with van der Waals surface area (Å²) in [5.41, 5.74) is 5.21. The highest BCUT2D eigenvalue weighted by Crippen LogP contribution is 2.22. The Hall–Kier alpha value is -1.11. The number of sulfone groups is 1. The molecule has 2 atom stereocenters. The van der Waals surface area contributed by atoms with Crippen LogP contribution in [0.2, 0.25) is 0 Å². The second-order valence-corrected chi connectivity index (χ2v) is 6.72. The van der Waals surface area contributed by atoms with Crippen molar-refractivity contribution < 1.29 is 18.0 Å². The van der Waals surface area contributed by atoms with E-state index in [2.05, 4.69) is 0 Å². The molecule has 6 nitrogen and oxygen atoms in total. The fourth-order valence-corrected chi connectivity index (χ4v) is 3.30. The molecule has 0 spiro atoms. The zero-order valence-electron chi connectivity index (χ0n) is 10.0. The lowest BCUT2D eigenvalue weighted by Crippen LogP contribution is -2.45. The predicted molar refractivity (Wildman–Crippen MR) is 62.8 cm³/mol. The van der Waals surface area contributed by atoms with Gasteiger partial charge in [0.15, 0.2) is 0 Å². The van der Waals surface area contributed by atoms with E-state index in [0.717, 1.165) is 6.26 Å². The molecule has 7 heteroatoms. The van der Waals surface area contributed by atoms with Gasteiger partial charge < -0.3 is 10.6 Å². The maximum absolute atomic E-state index is 11.7. The number of carbonyl (C=O) groups excluding carboxylic acids is 2. The first-order chi connectivity index (χ1) is 7.74. The molecule has 17 heavy (non-hydrogen) atoms. The molecular weight excluding hydrogens is 244 g/mol. The molecular formula is C10H18N2O4S. The number of nitrogens with zero attached hydrogens (tertiary/aromatic N) is 1. The molecule has 1 fully saturated rings. The minimum atomic E-state index is -3.10. The van der Waals surface area contributed by atoms with Gasteiger partial charge >= 0.3 is 0 Å². The maximum atomic E-state index is 11.7. The summed E-state index contributed by atoms with van der Waals surface area (Å²) in [6.07, 6.45) is 1.77. The average Bonchev–Trinajstić information content (AvgIpc) is 2.44. The summed E-state index contributed by atoms with van der Waals surface area (Å²) in [7, 11) is -3.10. The Morgan fingerprint density at radius 1 is 1.59 bits per heavy atom. The van der Waals surface area contributed by atoms with Gasteiger partial charge in [-0.25, -0.2) is 8.42 Å². The van der Waals surface area contributed by atoms with Gasteiger partial charge in [-0.2, -0.15) is 0 Å². The molecule has 0 radical (unpaired) electrons. The molecule has 98 valence electrons. The highest BCUT2D eigenvalue weighted by Gasteiger charge is 2.37. The van der Waals surface area contributed by atoms with Crippen LogP contribution < -0.4 is 5.73 Å². The van der Waals surface area contributed by atoms with E-state index in [-0.39, 0.29) is 24.0 Å². The molecule has 1 heterocycles. The van der Waals surface area contributed by atoms with Gasteiger partial charge in [-0.3, -0.25) is 9.59 Å². The molecule has 1 aliphatic rings. The van der Waals surface area contributed by atoms with E-state index in [4.69, 9.17) is 5.73 Å². The van der Waals surface area contributed by atoms with Crippen molar-refractivity contribution in [2.75, 3.05) is 18.6 Å². The number of likely N-dealkylation sites (tertiary alicyclic amines) is 1. The van der Waals surface area contributed by atoms with Gasteiger partial charge in [-0.05, 0) is 12.3 Å². The van der Waals surface area contributed by atoms with E-state index >= 15 is 0 Å². The number of hydrogen-bond acceptors (Lipinski definition) is 4. The Bertz CT molecular complexity index is 418. The van der Waals surface area contributed by atoms with E-state index < -0.39 is 21.8 Å². The molecule has 2 amide bonds. The molecule has 2 N–H and O–H groups in total. The van der Waals surface area contributed by atoms with Crippen molar-refractivity contribution in [1.29, 1.82) is 0 Å². The number of primary amides is 1. The number of amides is 2. The van der Waals surface area contributed by atoms with Gasteiger partial charge in [0.25, 0.3) is 0 Å². The largest absolute Gasteiger partial charge is 0.368 e. The lowest BCUT2D eigenvalue weighted by Gasteiger charge is -2.24. The van der Waals surface area contributed by atoms with Gasteiger partial charge in [-0.15, -0.1) is 0 Å². The van der Waals surface area contributed by atoms with E-state index in [1.807, 2.05) is 0 Å². The first-order valence-electron chi connectivity index (χ1n) is 5.51. The summed E-state index contributed by atoms with van der Waals surface area (Å²) < 4.78 is 22.3. The lowest BCUT2D eigenvalue weighted by molar-refractivity contribution is -0.136. The minimum Gasteiger partial charge on any atom is -0.368 e. The molecule has 0 bridgehead atoms. The van der Waals surface area contributed by atoms with Crippen molar-refractivity contribution in [1.82, 2.24) is 4.90 Å². The molecule has 1 aliphatic heterocycles. The Kier molecular flexibility index (Phi) is 4.13. The average molecular weight is 262 g/mol. The van der Waals surface area contributed by atoms with E-state index in [1.165, 1.54) is 4.90 Å². The number of carbonyl (C=O) groups is 2. The lowest BCUT2D eigenvalue weighted by atomic mass is 10.1. The monoisotopic (exact) mass is 262 g/mol. The molecule has 1 saturated heterocycles. The van der Waals surface area contributed by atoms with Crippen LogP contribution in [0.4, 0.5) is 0 Å². The van der Waals surface area contributed by atoms with Crippen LogP contribution in [0.3, 0.4) is 0 Å². The van der Waals surface area contributed by atoms with E-state index in [0.29, 0.717) is 13.0 Å². The zero-order chi connectivity index (χ0) is 13.2. The second kappa shape index (κ2) is 5.03. The van der Waals surface area contributed by atoms with Crippen LogP contribution in [0, 0.1) is 5.92 Å². The summed E-state index contributed by atoms with van der Waals surface area (Å²) in [5, 5.41) is 0. The quantitative estimate of drug-likeness (QED) is 0.697. The SMILES string of the molecule is CC[C@@H](C(N)=O)N1CC(CS(C)(=O)=O)CC1=O. The van der Waals surface area contributed by atoms with Crippen molar-refractivity contribution in [3.63, 3.8) is 0 Å². The van der Waals surface area contributed by atoms with Crippen LogP contribution in [-0.2, 0) is 19.4 Å². The van der Waals surface area contributed by atoms with Crippen molar-refractivity contribution in [2.24, 2.45) is 11.7 Å². The third kappa shape index (κ3) is 3.69. The van der Waals surface area contributed by atoms with Crippen LogP contribution in [0.25, 0.3) is 0 Å². The Balaban J connectivity index is 2.73. The van der Waals surface area contributed by atoms with Crippen molar-refractivity contribution in [2.45, 2.75) is 25.8 Å². The minimum absolute atomic E-state index is 0.0234. The van der Waals surface area contributed by atoms with E-state index in [1.54, 1.807) is 6.92 Å². The highest BCUT2D eigenvalue weighted by atomic mass is 32.2. The van der Waals surface area contributed by atoms with Crippen molar-refractivity contribution in [3.8, 4) is 0 Å². The molecule has 0 aliphatic carbocycles. The van der Waals surface area contributed by atoms with Gasteiger partial charge in [0.2, 0.25) is 11.8 Å². The highest BCUT2D eigenvalue weighted by molar-refractivity contribution is 7.90. The van der Waals surface area contributed by atoms with Gasteiger partial charge in [0.1, 0.15) is 15.9 Å². The molecule has 0 aromatic carbocycles. The van der Waals surface area contributed by atoms with E-state index in [9.17, 15) is 18.0 Å². The van der Waals surface area contributed by atoms with Crippen molar-refractivity contribution >= 4 is 21.7 Å². The summed E-state index contributed by atoms with van der Waals surface area (Å²) in [6.45, 7) is 2.07. The third-order valence-electron chi connectivity index (χ3n) is 2.87. The van der Waals surface area contributed by atoms with Crippen LogP contribution in [-0.4, -0.2) is 49.7 Å². The van der Waals surface area contributed by atoms with Crippen molar-refractivity contribution in [3.05, 3.63) is 0 Å². The van der Waals surface area contributed by atoms with Gasteiger partial charge in [0.05, 0.1) is 5.75 Å². The van der Waals surface area contributed by atoms with Gasteiger partial charge in [-0.1, -0.05) is 6.92 Å². The summed E-state index contributed by atoms with van der Waals surface area (Å²) in [5.74, 6) is -0.985. The van der Waals surface area contributed by atoms with Crippen LogP contribution >= 0.6 is 0 Å². The van der Waals surface area contributed by atoms with Crippen LogP contribution in [0.5, 0.6) is 0 Å². The van der Waals surface area contributed by atoms with Gasteiger partial charge in [0, 0.05) is 19.2 Å². The predicted octanol–water partition coefficient (Wildman–Crippen LogP) is -0.857. The molecule has 0 aromatic heterocycles. The molecule has 0 saturated carbocycles. The number of rotatable bonds is 5. The summed E-state index contributed by atoms with van der Waals surface area (Å²) in [6, 6.07) is -0.618.